The smallest absolute Gasteiger partial charge is 0.0887 e. The average Bonchev–Trinajstić information content (AvgIpc) is 2.69. The molecule has 1 nitrogen and oxygen atoms in total. The van der Waals surface area contributed by atoms with Crippen molar-refractivity contribution in [3.63, 3.8) is 0 Å². The summed E-state index contributed by atoms with van der Waals surface area (Å²) in [6.07, 6.45) is 4.51. The SMILES string of the molecule is CNC(c1cc(Cl)c(Br)s1)C1C2C3CCC(C3)C21. The van der Waals surface area contributed by atoms with Gasteiger partial charge in [-0.25, -0.2) is 0 Å². The van der Waals surface area contributed by atoms with Crippen LogP contribution in [0.3, 0.4) is 0 Å². The average molecular weight is 347 g/mol. The van der Waals surface area contributed by atoms with Gasteiger partial charge in [0.1, 0.15) is 0 Å². The third kappa shape index (κ3) is 1.60. The van der Waals surface area contributed by atoms with Gasteiger partial charge in [0, 0.05) is 10.9 Å². The first-order valence-corrected chi connectivity index (χ1v) is 8.81. The van der Waals surface area contributed by atoms with Crippen molar-refractivity contribution in [1.82, 2.24) is 5.32 Å². The van der Waals surface area contributed by atoms with Gasteiger partial charge in [-0.3, -0.25) is 0 Å². The Bertz CT molecular complexity index is 453. The molecule has 0 aliphatic heterocycles. The monoisotopic (exact) mass is 345 g/mol. The van der Waals surface area contributed by atoms with Gasteiger partial charge in [0.15, 0.2) is 0 Å². The minimum Gasteiger partial charge on any atom is -0.312 e. The molecule has 1 aromatic heterocycles. The summed E-state index contributed by atoms with van der Waals surface area (Å²) in [5.74, 6) is 4.99. The molecular weight excluding hydrogens is 330 g/mol. The highest BCUT2D eigenvalue weighted by atomic mass is 79.9. The zero-order chi connectivity index (χ0) is 12.4. The summed E-state index contributed by atoms with van der Waals surface area (Å²) in [6.45, 7) is 0. The van der Waals surface area contributed by atoms with Crippen molar-refractivity contribution in [3.8, 4) is 0 Å². The van der Waals surface area contributed by atoms with E-state index in [1.165, 1.54) is 24.1 Å². The zero-order valence-corrected chi connectivity index (χ0v) is 13.5. The molecular formula is C14H17BrClNS. The highest BCUT2D eigenvalue weighted by molar-refractivity contribution is 9.11. The maximum atomic E-state index is 6.18. The lowest BCUT2D eigenvalue weighted by Gasteiger charge is -2.18. The topological polar surface area (TPSA) is 12.0 Å². The van der Waals surface area contributed by atoms with Crippen LogP contribution in [0.5, 0.6) is 0 Å². The summed E-state index contributed by atoms with van der Waals surface area (Å²) in [5.41, 5.74) is 0. The van der Waals surface area contributed by atoms with E-state index in [0.717, 1.165) is 38.4 Å². The highest BCUT2D eigenvalue weighted by Gasteiger charge is 2.66. The Hall–Kier alpha value is 0.430. The fourth-order valence-electron chi connectivity index (χ4n) is 4.88. The number of fused-ring (bicyclic) bond motifs is 5. The van der Waals surface area contributed by atoms with Crippen LogP contribution in [0.4, 0.5) is 0 Å². The molecule has 1 heterocycles. The summed E-state index contributed by atoms with van der Waals surface area (Å²) >= 11 is 11.5. The minimum absolute atomic E-state index is 0.525. The van der Waals surface area contributed by atoms with Crippen LogP contribution >= 0.6 is 38.9 Å². The predicted molar refractivity (Wildman–Crippen MR) is 80.1 cm³/mol. The normalized spacial score (nSPS) is 42.1. The lowest BCUT2D eigenvalue weighted by molar-refractivity contribution is 0.389. The fourth-order valence-corrected chi connectivity index (χ4v) is 6.79. The molecule has 0 aromatic carbocycles. The number of rotatable bonds is 3. The van der Waals surface area contributed by atoms with E-state index >= 15 is 0 Å². The Balaban J connectivity index is 1.60. The standard InChI is InChI=1S/C14H17BrClNS/c1-17-13(9-5-8(16)14(15)18-9)12-10-6-2-3-7(4-6)11(10)12/h5-7,10-13,17H,2-4H2,1H3. The molecule has 0 radical (unpaired) electrons. The molecule has 3 saturated carbocycles. The maximum absolute atomic E-state index is 6.18. The first-order valence-electron chi connectivity index (χ1n) is 6.82. The number of hydrogen-bond acceptors (Lipinski definition) is 2. The highest BCUT2D eigenvalue weighted by Crippen LogP contribution is 2.72. The number of nitrogens with one attached hydrogen (secondary N) is 1. The molecule has 0 spiro atoms. The van der Waals surface area contributed by atoms with Crippen molar-refractivity contribution in [2.45, 2.75) is 25.3 Å². The second-order valence-corrected chi connectivity index (χ2v) is 8.91. The van der Waals surface area contributed by atoms with E-state index in [0.29, 0.717) is 6.04 Å². The molecule has 5 unspecified atom stereocenters. The Morgan fingerprint density at radius 2 is 2.06 bits per heavy atom. The first-order chi connectivity index (χ1) is 8.70. The lowest BCUT2D eigenvalue weighted by atomic mass is 9.96. The van der Waals surface area contributed by atoms with Gasteiger partial charge in [-0.1, -0.05) is 11.6 Å². The van der Waals surface area contributed by atoms with Crippen LogP contribution in [-0.4, -0.2) is 7.05 Å². The summed E-state index contributed by atoms with van der Waals surface area (Å²) in [5, 5.41) is 4.41. The van der Waals surface area contributed by atoms with Gasteiger partial charge >= 0.3 is 0 Å². The van der Waals surface area contributed by atoms with Crippen molar-refractivity contribution in [3.05, 3.63) is 19.8 Å². The van der Waals surface area contributed by atoms with Gasteiger partial charge in [0.05, 0.1) is 8.81 Å². The van der Waals surface area contributed by atoms with E-state index < -0.39 is 0 Å². The van der Waals surface area contributed by atoms with Crippen LogP contribution < -0.4 is 5.32 Å². The van der Waals surface area contributed by atoms with E-state index in [4.69, 9.17) is 11.6 Å². The Morgan fingerprint density at radius 3 is 2.56 bits per heavy atom. The third-order valence-corrected chi connectivity index (χ3v) is 8.02. The molecule has 4 rings (SSSR count). The Morgan fingerprint density at radius 1 is 1.39 bits per heavy atom. The van der Waals surface area contributed by atoms with Gasteiger partial charge < -0.3 is 5.32 Å². The summed E-state index contributed by atoms with van der Waals surface area (Å²) in [7, 11) is 2.10. The van der Waals surface area contributed by atoms with Gasteiger partial charge in [-0.2, -0.15) is 0 Å². The van der Waals surface area contributed by atoms with Crippen molar-refractivity contribution < 1.29 is 0 Å². The van der Waals surface area contributed by atoms with Gasteiger partial charge in [0.25, 0.3) is 0 Å². The van der Waals surface area contributed by atoms with E-state index in [1.807, 2.05) is 0 Å². The van der Waals surface area contributed by atoms with Crippen LogP contribution in [-0.2, 0) is 0 Å². The molecule has 3 fully saturated rings. The minimum atomic E-state index is 0.525. The largest absolute Gasteiger partial charge is 0.312 e. The molecule has 0 amide bonds. The molecule has 3 aliphatic rings. The lowest BCUT2D eigenvalue weighted by Crippen LogP contribution is -2.20. The molecule has 18 heavy (non-hydrogen) atoms. The van der Waals surface area contributed by atoms with Crippen LogP contribution in [0, 0.1) is 29.6 Å². The molecule has 1 aromatic rings. The van der Waals surface area contributed by atoms with Gasteiger partial charge in [-0.15, -0.1) is 11.3 Å². The number of halogens is 2. The molecule has 2 bridgehead atoms. The van der Waals surface area contributed by atoms with E-state index in [2.05, 4.69) is 34.4 Å². The first kappa shape index (κ1) is 12.2. The maximum Gasteiger partial charge on any atom is 0.0887 e. The van der Waals surface area contributed by atoms with Gasteiger partial charge in [0.2, 0.25) is 0 Å². The van der Waals surface area contributed by atoms with E-state index in [1.54, 1.807) is 11.3 Å². The van der Waals surface area contributed by atoms with Crippen molar-refractivity contribution in [2.75, 3.05) is 7.05 Å². The van der Waals surface area contributed by atoms with Crippen LogP contribution in [0.2, 0.25) is 5.02 Å². The summed E-state index contributed by atoms with van der Waals surface area (Å²) < 4.78 is 1.08. The van der Waals surface area contributed by atoms with E-state index in [9.17, 15) is 0 Å². The van der Waals surface area contributed by atoms with Crippen molar-refractivity contribution in [1.29, 1.82) is 0 Å². The van der Waals surface area contributed by atoms with Crippen molar-refractivity contribution in [2.24, 2.45) is 29.6 Å². The fraction of sp³-hybridized carbons (Fsp3) is 0.714. The molecule has 4 heteroatoms. The summed E-state index contributed by atoms with van der Waals surface area (Å²) in [6, 6.07) is 2.67. The second-order valence-electron chi connectivity index (χ2n) is 6.10. The van der Waals surface area contributed by atoms with Crippen LogP contribution in [0.1, 0.15) is 30.2 Å². The molecule has 5 atom stereocenters. The van der Waals surface area contributed by atoms with Crippen molar-refractivity contribution >= 4 is 38.9 Å². The molecule has 0 saturated heterocycles. The number of thiophene rings is 1. The molecule has 98 valence electrons. The van der Waals surface area contributed by atoms with Gasteiger partial charge in [-0.05, 0) is 77.9 Å². The van der Waals surface area contributed by atoms with E-state index in [-0.39, 0.29) is 0 Å². The zero-order valence-electron chi connectivity index (χ0n) is 10.3. The Labute approximate surface area is 125 Å². The van der Waals surface area contributed by atoms with Crippen LogP contribution in [0.15, 0.2) is 9.85 Å². The number of hydrogen-bond donors (Lipinski definition) is 1. The molecule has 3 aliphatic carbocycles. The molecule has 1 N–H and O–H groups in total. The predicted octanol–water partition coefficient (Wildman–Crippen LogP) is 4.72. The second kappa shape index (κ2) is 4.21. The quantitative estimate of drug-likeness (QED) is 0.835. The Kier molecular flexibility index (Phi) is 2.85. The summed E-state index contributed by atoms with van der Waals surface area (Å²) in [4.78, 5) is 1.41. The third-order valence-electron chi connectivity index (χ3n) is 5.46. The van der Waals surface area contributed by atoms with Crippen LogP contribution in [0.25, 0.3) is 0 Å².